The Labute approximate surface area is 138 Å². The van der Waals surface area contributed by atoms with Crippen molar-refractivity contribution in [2.75, 3.05) is 6.61 Å². The fourth-order valence-electron chi connectivity index (χ4n) is 1.76. The molecule has 0 saturated carbocycles. The van der Waals surface area contributed by atoms with E-state index in [9.17, 15) is 14.7 Å². The Morgan fingerprint density at radius 3 is 2.71 bits per heavy atom. The molecular weight excluding hydrogens is 335 g/mol. The highest BCUT2D eigenvalue weighted by Crippen LogP contribution is 2.37. The minimum absolute atomic E-state index is 0.153. The van der Waals surface area contributed by atoms with E-state index in [1.807, 2.05) is 30.3 Å². The third-order valence-corrected chi connectivity index (χ3v) is 4.39. The van der Waals surface area contributed by atoms with Crippen LogP contribution in [-0.4, -0.2) is 17.7 Å². The molecule has 2 aromatic rings. The molecule has 0 radical (unpaired) electrons. The Morgan fingerprint density at radius 2 is 2.08 bits per heavy atom. The molecule has 0 aliphatic carbocycles. The van der Waals surface area contributed by atoms with Crippen LogP contribution in [0.2, 0.25) is 0 Å². The van der Waals surface area contributed by atoms with Crippen molar-refractivity contribution in [2.24, 2.45) is 5.10 Å². The van der Waals surface area contributed by atoms with Crippen LogP contribution in [0.25, 0.3) is 0 Å². The van der Waals surface area contributed by atoms with E-state index in [-0.39, 0.29) is 12.4 Å². The molecule has 0 bridgehead atoms. The molecule has 0 aliphatic rings. The van der Waals surface area contributed by atoms with E-state index in [0.717, 1.165) is 5.56 Å². The molecule has 2 rings (SSSR count). The van der Waals surface area contributed by atoms with Crippen molar-refractivity contribution < 1.29 is 18.4 Å². The summed E-state index contributed by atoms with van der Waals surface area (Å²) in [5.41, 5.74) is 0.935. The van der Waals surface area contributed by atoms with Crippen LogP contribution in [-0.2, 0) is 15.6 Å². The van der Waals surface area contributed by atoms with Crippen molar-refractivity contribution >= 4 is 19.8 Å². The van der Waals surface area contributed by atoms with Crippen molar-refractivity contribution in [3.05, 3.63) is 63.9 Å². The Hall–Kier alpha value is -2.48. The number of hydrogen-bond donors (Lipinski definition) is 2. The quantitative estimate of drug-likeness (QED) is 0.308. The first-order valence-electron chi connectivity index (χ1n) is 7.10. The minimum Gasteiger partial charge on any atom is -0.400 e. The maximum absolute atomic E-state index is 12.6. The first-order chi connectivity index (χ1) is 11.5. The average Bonchev–Trinajstić information content (AvgIpc) is 3.04. The number of hydrazone groups is 1. The SMILES string of the molecule is CCOP(=O)(NCc1ccccc1)N/N=C/c1ccc([N+](=O)[O-])o1. The zero-order chi connectivity index (χ0) is 17.4. The number of nitrogens with zero attached hydrogens (tertiary/aromatic N) is 2. The fraction of sp³-hybridized carbons (Fsp3) is 0.214. The molecule has 0 fully saturated rings. The van der Waals surface area contributed by atoms with Crippen molar-refractivity contribution in [3.63, 3.8) is 0 Å². The summed E-state index contributed by atoms with van der Waals surface area (Å²) in [7, 11) is -3.41. The zero-order valence-electron chi connectivity index (χ0n) is 12.9. The fourth-order valence-corrected chi connectivity index (χ4v) is 2.94. The standard InChI is InChI=1S/C14H17N4O5P/c1-2-22-24(21,16-10-12-6-4-3-5-7-12)17-15-11-13-8-9-14(23-13)18(19)20/h3-9,11H,2,10H2,1H3,(H2,16,17,21)/b15-11+. The second kappa shape index (κ2) is 8.39. The van der Waals surface area contributed by atoms with Crippen LogP contribution in [0.15, 0.2) is 52.0 Å². The molecule has 9 nitrogen and oxygen atoms in total. The van der Waals surface area contributed by atoms with E-state index >= 15 is 0 Å². The monoisotopic (exact) mass is 352 g/mol. The highest BCUT2D eigenvalue weighted by molar-refractivity contribution is 7.54. The third kappa shape index (κ3) is 5.31. The molecule has 0 saturated heterocycles. The van der Waals surface area contributed by atoms with E-state index in [4.69, 9.17) is 8.94 Å². The van der Waals surface area contributed by atoms with Gasteiger partial charge in [0.1, 0.15) is 4.92 Å². The second-order valence-corrected chi connectivity index (χ2v) is 6.46. The van der Waals surface area contributed by atoms with Crippen LogP contribution >= 0.6 is 7.67 Å². The molecule has 1 aromatic heterocycles. The lowest BCUT2D eigenvalue weighted by atomic mass is 10.2. The van der Waals surface area contributed by atoms with Crippen molar-refractivity contribution in [3.8, 4) is 0 Å². The number of rotatable bonds is 9. The topological polar surface area (TPSA) is 119 Å². The Kier molecular flexibility index (Phi) is 6.25. The summed E-state index contributed by atoms with van der Waals surface area (Å²) in [6, 6.07) is 12.0. The minimum atomic E-state index is -3.41. The number of hydrogen-bond acceptors (Lipinski definition) is 6. The summed E-state index contributed by atoms with van der Waals surface area (Å²) in [5, 5.41) is 19.5. The van der Waals surface area contributed by atoms with Gasteiger partial charge in [0.2, 0.25) is 0 Å². The molecule has 10 heteroatoms. The third-order valence-electron chi connectivity index (χ3n) is 2.82. The van der Waals surface area contributed by atoms with Gasteiger partial charge in [-0.3, -0.25) is 10.1 Å². The molecular formula is C14H17N4O5P. The van der Waals surface area contributed by atoms with E-state index in [1.165, 1.54) is 18.3 Å². The number of nitrogens with one attached hydrogen (secondary N) is 2. The molecule has 24 heavy (non-hydrogen) atoms. The largest absolute Gasteiger partial charge is 0.433 e. The summed E-state index contributed by atoms with van der Waals surface area (Å²) in [6.07, 6.45) is 1.18. The molecule has 128 valence electrons. The van der Waals surface area contributed by atoms with E-state index in [1.54, 1.807) is 6.92 Å². The number of nitro groups is 1. The lowest BCUT2D eigenvalue weighted by Gasteiger charge is -2.17. The molecule has 1 atom stereocenters. The molecule has 1 unspecified atom stereocenters. The van der Waals surface area contributed by atoms with Crippen molar-refractivity contribution in [1.82, 2.24) is 10.3 Å². The van der Waals surface area contributed by atoms with Crippen LogP contribution in [0, 0.1) is 10.1 Å². The van der Waals surface area contributed by atoms with Gasteiger partial charge in [0.05, 0.1) is 18.9 Å². The highest BCUT2D eigenvalue weighted by atomic mass is 31.2. The first kappa shape index (κ1) is 17.9. The summed E-state index contributed by atoms with van der Waals surface area (Å²) < 4.78 is 22.7. The van der Waals surface area contributed by atoms with Crippen LogP contribution in [0.3, 0.4) is 0 Å². The van der Waals surface area contributed by atoms with Crippen LogP contribution < -0.4 is 10.3 Å². The lowest BCUT2D eigenvalue weighted by molar-refractivity contribution is -0.402. The molecule has 0 aliphatic heterocycles. The predicted molar refractivity (Wildman–Crippen MR) is 88.6 cm³/mol. The van der Waals surface area contributed by atoms with Gasteiger partial charge in [0.15, 0.2) is 5.76 Å². The highest BCUT2D eigenvalue weighted by Gasteiger charge is 2.21. The van der Waals surface area contributed by atoms with Crippen LogP contribution in [0.4, 0.5) is 5.88 Å². The van der Waals surface area contributed by atoms with Gasteiger partial charge >= 0.3 is 13.6 Å². The maximum Gasteiger partial charge on any atom is 0.433 e. The lowest BCUT2D eigenvalue weighted by Crippen LogP contribution is -2.21. The van der Waals surface area contributed by atoms with E-state index in [2.05, 4.69) is 15.4 Å². The summed E-state index contributed by atoms with van der Waals surface area (Å²) >= 11 is 0. The van der Waals surface area contributed by atoms with Gasteiger partial charge in [-0.25, -0.2) is 14.8 Å². The summed E-state index contributed by atoms with van der Waals surface area (Å²) in [6.45, 7) is 2.25. The summed E-state index contributed by atoms with van der Waals surface area (Å²) in [5.74, 6) is -0.244. The maximum atomic E-state index is 12.6. The smallest absolute Gasteiger partial charge is 0.400 e. The molecule has 0 amide bonds. The van der Waals surface area contributed by atoms with Crippen molar-refractivity contribution in [2.45, 2.75) is 13.5 Å². The second-order valence-electron chi connectivity index (χ2n) is 4.58. The zero-order valence-corrected chi connectivity index (χ0v) is 13.8. The van der Waals surface area contributed by atoms with Gasteiger partial charge in [-0.05, 0) is 18.6 Å². The summed E-state index contributed by atoms with van der Waals surface area (Å²) in [4.78, 5) is 9.87. The number of benzene rings is 1. The van der Waals surface area contributed by atoms with Gasteiger partial charge in [-0.2, -0.15) is 5.10 Å². The van der Waals surface area contributed by atoms with Gasteiger partial charge in [-0.1, -0.05) is 30.3 Å². The first-order valence-corrected chi connectivity index (χ1v) is 8.73. The molecule has 0 spiro atoms. The normalized spacial score (nSPS) is 13.7. The predicted octanol–water partition coefficient (Wildman–Crippen LogP) is 3.05. The van der Waals surface area contributed by atoms with E-state index < -0.39 is 18.5 Å². The van der Waals surface area contributed by atoms with E-state index in [0.29, 0.717) is 6.54 Å². The van der Waals surface area contributed by atoms with Gasteiger partial charge in [0.25, 0.3) is 0 Å². The molecule has 2 N–H and O–H groups in total. The molecule has 1 aromatic carbocycles. The van der Waals surface area contributed by atoms with Crippen LogP contribution in [0.1, 0.15) is 18.2 Å². The molecule has 1 heterocycles. The van der Waals surface area contributed by atoms with Gasteiger partial charge < -0.3 is 8.94 Å². The van der Waals surface area contributed by atoms with Gasteiger partial charge in [0, 0.05) is 6.54 Å². The average molecular weight is 352 g/mol. The Bertz CT molecular complexity index is 747. The Morgan fingerprint density at radius 1 is 1.33 bits per heavy atom. The van der Waals surface area contributed by atoms with Crippen molar-refractivity contribution in [1.29, 1.82) is 0 Å². The van der Waals surface area contributed by atoms with Crippen LogP contribution in [0.5, 0.6) is 0 Å². The number of furan rings is 1. The Balaban J connectivity index is 1.97. The van der Waals surface area contributed by atoms with Gasteiger partial charge in [-0.15, -0.1) is 0 Å².